The van der Waals surface area contributed by atoms with Gasteiger partial charge in [-0.3, -0.25) is 4.84 Å². The summed E-state index contributed by atoms with van der Waals surface area (Å²) in [4.78, 5) is 28.9. The molecule has 0 aliphatic heterocycles. The van der Waals surface area contributed by atoms with Gasteiger partial charge in [0.25, 0.3) is 0 Å². The fraction of sp³-hybridized carbons (Fsp3) is 0.467. The molecule has 7 heteroatoms. The van der Waals surface area contributed by atoms with Gasteiger partial charge in [-0.15, -0.1) is 0 Å². The summed E-state index contributed by atoms with van der Waals surface area (Å²) in [6, 6.07) is 9.08. The van der Waals surface area contributed by atoms with Gasteiger partial charge in [0.05, 0.1) is 6.61 Å². The molecule has 7 nitrogen and oxygen atoms in total. The maximum absolute atomic E-state index is 12.0. The molecule has 0 atom stereocenters. The lowest BCUT2D eigenvalue weighted by molar-refractivity contribution is -0.127. The van der Waals surface area contributed by atoms with Crippen LogP contribution in [0.5, 0.6) is 0 Å². The second kappa shape index (κ2) is 8.35. The Kier molecular flexibility index (Phi) is 6.81. The van der Waals surface area contributed by atoms with Crippen molar-refractivity contribution in [2.24, 2.45) is 5.73 Å². The zero-order valence-corrected chi connectivity index (χ0v) is 13.1. The minimum atomic E-state index is -0.952. The Bertz CT molecular complexity index is 484. The van der Waals surface area contributed by atoms with Crippen LogP contribution >= 0.6 is 0 Å². The van der Waals surface area contributed by atoms with Gasteiger partial charge in [0.15, 0.2) is 0 Å². The van der Waals surface area contributed by atoms with Crippen molar-refractivity contribution in [2.45, 2.75) is 33.0 Å². The normalized spacial score (nSPS) is 10.9. The van der Waals surface area contributed by atoms with Crippen molar-refractivity contribution < 1.29 is 23.9 Å². The molecule has 1 aromatic carbocycles. The van der Waals surface area contributed by atoms with Gasteiger partial charge in [0.2, 0.25) is 0 Å². The van der Waals surface area contributed by atoms with Crippen LogP contribution in [0, 0.1) is 0 Å². The molecular formula is C15H22N2O5. The highest BCUT2D eigenvalue weighted by Crippen LogP contribution is 2.12. The van der Waals surface area contributed by atoms with Crippen LogP contribution in [-0.2, 0) is 20.9 Å². The lowest BCUT2D eigenvalue weighted by atomic mass is 10.2. The number of nitrogens with two attached hydrogens (primary N) is 1. The molecule has 0 aliphatic carbocycles. The number of carbonyl (C=O) groups is 2. The van der Waals surface area contributed by atoms with E-state index in [-0.39, 0.29) is 19.8 Å². The lowest BCUT2D eigenvalue weighted by Gasteiger charge is -2.24. The van der Waals surface area contributed by atoms with Crippen LogP contribution in [0.15, 0.2) is 30.3 Å². The highest BCUT2D eigenvalue weighted by atomic mass is 16.8. The van der Waals surface area contributed by atoms with E-state index < -0.39 is 17.8 Å². The minimum absolute atomic E-state index is 0.0142. The molecule has 0 unspecified atom stereocenters. The summed E-state index contributed by atoms with van der Waals surface area (Å²) in [5.41, 5.74) is 5.34. The van der Waals surface area contributed by atoms with E-state index in [1.807, 2.05) is 18.2 Å². The summed E-state index contributed by atoms with van der Waals surface area (Å²) in [5, 5.41) is 0.445. The number of hydrogen-bond donors (Lipinski definition) is 1. The van der Waals surface area contributed by atoms with E-state index in [1.165, 1.54) is 0 Å². The lowest BCUT2D eigenvalue weighted by Crippen LogP contribution is -2.42. The topological polar surface area (TPSA) is 91.1 Å². The van der Waals surface area contributed by atoms with Gasteiger partial charge in [0, 0.05) is 6.54 Å². The number of nitrogens with zero attached hydrogens (tertiary/aromatic N) is 1. The molecule has 0 fully saturated rings. The monoisotopic (exact) mass is 310 g/mol. The molecule has 122 valence electrons. The average Bonchev–Trinajstić information content (AvgIpc) is 2.44. The average molecular weight is 310 g/mol. The van der Waals surface area contributed by atoms with Crippen LogP contribution in [0.25, 0.3) is 0 Å². The van der Waals surface area contributed by atoms with E-state index in [4.69, 9.17) is 20.0 Å². The highest BCUT2D eigenvalue weighted by Gasteiger charge is 2.29. The maximum Gasteiger partial charge on any atom is 0.444 e. The van der Waals surface area contributed by atoms with E-state index in [9.17, 15) is 9.59 Å². The van der Waals surface area contributed by atoms with Gasteiger partial charge in [-0.1, -0.05) is 35.4 Å². The number of carbonyl (C=O) groups excluding carboxylic acids is 2. The molecule has 2 amide bonds. The predicted octanol–water partition coefficient (Wildman–Crippen LogP) is 2.45. The molecule has 22 heavy (non-hydrogen) atoms. The Morgan fingerprint density at radius 2 is 1.77 bits per heavy atom. The van der Waals surface area contributed by atoms with Crippen molar-refractivity contribution in [1.82, 2.24) is 5.06 Å². The molecule has 1 aromatic rings. The zero-order chi connectivity index (χ0) is 16.6. The van der Waals surface area contributed by atoms with Gasteiger partial charge in [-0.25, -0.2) is 9.59 Å². The van der Waals surface area contributed by atoms with E-state index in [0.29, 0.717) is 5.06 Å². The molecule has 0 saturated carbocycles. The Balaban J connectivity index is 2.65. The first-order valence-corrected chi connectivity index (χ1v) is 6.90. The Morgan fingerprint density at radius 1 is 1.14 bits per heavy atom. The molecule has 1 rings (SSSR count). The quantitative estimate of drug-likeness (QED) is 0.840. The van der Waals surface area contributed by atoms with Crippen molar-refractivity contribution >= 4 is 12.2 Å². The summed E-state index contributed by atoms with van der Waals surface area (Å²) in [6.07, 6.45) is -1.90. The molecule has 0 aromatic heterocycles. The van der Waals surface area contributed by atoms with Crippen LogP contribution < -0.4 is 5.73 Å². The van der Waals surface area contributed by atoms with Gasteiger partial charge < -0.3 is 15.2 Å². The Morgan fingerprint density at radius 3 is 2.32 bits per heavy atom. The van der Waals surface area contributed by atoms with Crippen LogP contribution in [0.3, 0.4) is 0 Å². The second-order valence-electron chi connectivity index (χ2n) is 5.44. The van der Waals surface area contributed by atoms with Gasteiger partial charge in [0.1, 0.15) is 12.2 Å². The van der Waals surface area contributed by atoms with E-state index >= 15 is 0 Å². The number of amides is 2. The predicted molar refractivity (Wildman–Crippen MR) is 79.7 cm³/mol. The van der Waals surface area contributed by atoms with Crippen LogP contribution in [-0.4, -0.2) is 36.0 Å². The minimum Gasteiger partial charge on any atom is -0.443 e. The number of imide groups is 1. The first-order valence-electron chi connectivity index (χ1n) is 6.90. The highest BCUT2D eigenvalue weighted by molar-refractivity contribution is 5.86. The van der Waals surface area contributed by atoms with E-state index in [1.54, 1.807) is 32.9 Å². The third-order valence-corrected chi connectivity index (χ3v) is 2.27. The molecule has 0 bridgehead atoms. The smallest absolute Gasteiger partial charge is 0.443 e. The fourth-order valence-electron chi connectivity index (χ4n) is 1.41. The number of rotatable bonds is 5. The second-order valence-corrected chi connectivity index (χ2v) is 5.44. The largest absolute Gasteiger partial charge is 0.444 e. The first kappa shape index (κ1) is 17.9. The molecular weight excluding hydrogens is 288 g/mol. The molecule has 0 aliphatic rings. The van der Waals surface area contributed by atoms with Crippen LogP contribution in [0.2, 0.25) is 0 Å². The van der Waals surface area contributed by atoms with E-state index in [0.717, 1.165) is 5.56 Å². The van der Waals surface area contributed by atoms with Gasteiger partial charge in [-0.2, -0.15) is 0 Å². The molecule has 0 radical (unpaired) electrons. The number of ether oxygens (including phenoxy) is 2. The first-order chi connectivity index (χ1) is 10.3. The third-order valence-electron chi connectivity index (χ3n) is 2.27. The summed E-state index contributed by atoms with van der Waals surface area (Å²) < 4.78 is 10.1. The standard InChI is InChI=1S/C15H22N2O5/c1-15(2,3)22-14(19)17(21-10-9-16)13(18)20-11-12-7-5-4-6-8-12/h4-8H,9-11,16H2,1-3H3. The van der Waals surface area contributed by atoms with E-state index in [2.05, 4.69) is 0 Å². The number of hydrogen-bond acceptors (Lipinski definition) is 6. The SMILES string of the molecule is CC(C)(C)OC(=O)N(OCCN)C(=O)OCc1ccccc1. The Hall–Kier alpha value is -2.12. The van der Waals surface area contributed by atoms with Crippen molar-refractivity contribution in [3.05, 3.63) is 35.9 Å². The van der Waals surface area contributed by atoms with Gasteiger partial charge >= 0.3 is 12.2 Å². The molecule has 0 spiro atoms. The summed E-state index contributed by atoms with van der Waals surface area (Å²) in [5.74, 6) is 0. The summed E-state index contributed by atoms with van der Waals surface area (Å²) in [7, 11) is 0. The summed E-state index contributed by atoms with van der Waals surface area (Å²) >= 11 is 0. The number of hydroxylamine groups is 2. The summed E-state index contributed by atoms with van der Waals surface area (Å²) in [6.45, 7) is 5.19. The van der Waals surface area contributed by atoms with Crippen molar-refractivity contribution in [2.75, 3.05) is 13.2 Å². The maximum atomic E-state index is 12.0. The molecule has 0 heterocycles. The third kappa shape index (κ3) is 6.55. The zero-order valence-electron chi connectivity index (χ0n) is 13.1. The van der Waals surface area contributed by atoms with Gasteiger partial charge in [-0.05, 0) is 26.3 Å². The molecule has 0 saturated heterocycles. The number of benzene rings is 1. The van der Waals surface area contributed by atoms with Crippen molar-refractivity contribution in [1.29, 1.82) is 0 Å². The Labute approximate surface area is 129 Å². The van der Waals surface area contributed by atoms with Crippen molar-refractivity contribution in [3.8, 4) is 0 Å². The van der Waals surface area contributed by atoms with Crippen molar-refractivity contribution in [3.63, 3.8) is 0 Å². The fourth-order valence-corrected chi connectivity index (χ4v) is 1.41. The van der Waals surface area contributed by atoms with Crippen LogP contribution in [0.1, 0.15) is 26.3 Å². The molecule has 2 N–H and O–H groups in total. The van der Waals surface area contributed by atoms with Crippen LogP contribution in [0.4, 0.5) is 9.59 Å².